The number of likely N-dealkylation sites (N-methyl/N-ethyl adjacent to an activating group) is 1. The number of amides is 1. The number of nitrogens with zero attached hydrogens (tertiary/aromatic N) is 3. The van der Waals surface area contributed by atoms with Gasteiger partial charge in [0.2, 0.25) is 5.91 Å². The smallest absolute Gasteiger partial charge is 0.247 e. The molecule has 0 fully saturated rings. The summed E-state index contributed by atoms with van der Waals surface area (Å²) >= 11 is 5.96. The lowest BCUT2D eigenvalue weighted by Crippen LogP contribution is -2.42. The van der Waals surface area contributed by atoms with Crippen molar-refractivity contribution < 1.29 is 4.79 Å². The third kappa shape index (κ3) is 7.74. The molecule has 1 amide bonds. The van der Waals surface area contributed by atoms with Gasteiger partial charge in [-0.15, -0.1) is 0 Å². The van der Waals surface area contributed by atoms with Gasteiger partial charge in [-0.1, -0.05) is 35.9 Å². The van der Waals surface area contributed by atoms with Crippen molar-refractivity contribution in [2.45, 2.75) is 26.4 Å². The van der Waals surface area contributed by atoms with Crippen molar-refractivity contribution in [2.75, 3.05) is 26.0 Å². The van der Waals surface area contributed by atoms with E-state index >= 15 is 0 Å². The topological polar surface area (TPSA) is 48.5 Å². The Balaban J connectivity index is 1.72. The number of hydrogen-bond donors (Lipinski definition) is 1. The van der Waals surface area contributed by atoms with Crippen LogP contribution in [0.2, 0.25) is 5.02 Å². The van der Waals surface area contributed by atoms with Crippen LogP contribution in [0, 0.1) is 6.92 Å². The monoisotopic (exact) mass is 462 g/mol. The van der Waals surface area contributed by atoms with E-state index in [0.29, 0.717) is 11.6 Å². The van der Waals surface area contributed by atoms with E-state index in [1.54, 1.807) is 12.3 Å². The molecule has 0 radical (unpaired) electrons. The zero-order valence-corrected chi connectivity index (χ0v) is 20.4. The molecule has 0 bridgehead atoms. The number of rotatable bonds is 9. The van der Waals surface area contributed by atoms with Crippen LogP contribution in [0.1, 0.15) is 23.7 Å². The van der Waals surface area contributed by atoms with E-state index < -0.39 is 0 Å². The number of aryl methyl sites for hydroxylation is 1. The van der Waals surface area contributed by atoms with Gasteiger partial charge in [0.05, 0.1) is 0 Å². The highest BCUT2D eigenvalue weighted by atomic mass is 35.5. The number of pyridine rings is 1. The number of anilines is 2. The van der Waals surface area contributed by atoms with Crippen LogP contribution in [0.25, 0.3) is 6.08 Å². The first kappa shape index (κ1) is 24.5. The zero-order valence-electron chi connectivity index (χ0n) is 19.6. The highest BCUT2D eigenvalue weighted by Gasteiger charge is 2.19. The summed E-state index contributed by atoms with van der Waals surface area (Å²) < 4.78 is 0. The summed E-state index contributed by atoms with van der Waals surface area (Å²) in [4.78, 5) is 21.4. The number of carbonyl (C=O) groups excluding carboxylic acids is 1. The van der Waals surface area contributed by atoms with Crippen molar-refractivity contribution >= 4 is 35.0 Å². The van der Waals surface area contributed by atoms with Gasteiger partial charge in [-0.2, -0.15) is 0 Å². The number of carbonyl (C=O) groups is 1. The van der Waals surface area contributed by atoms with Crippen LogP contribution in [-0.2, 0) is 11.3 Å². The summed E-state index contributed by atoms with van der Waals surface area (Å²) in [5.74, 6) is -0.0197. The van der Waals surface area contributed by atoms with Crippen LogP contribution in [0.4, 0.5) is 11.4 Å². The van der Waals surface area contributed by atoms with Crippen LogP contribution in [0.15, 0.2) is 72.9 Å². The average Bonchev–Trinajstić information content (AvgIpc) is 2.77. The van der Waals surface area contributed by atoms with E-state index in [4.69, 9.17) is 11.6 Å². The van der Waals surface area contributed by atoms with Gasteiger partial charge < -0.3 is 15.1 Å². The van der Waals surface area contributed by atoms with Crippen molar-refractivity contribution in [1.82, 2.24) is 14.8 Å². The Labute approximate surface area is 201 Å². The maximum Gasteiger partial charge on any atom is 0.247 e. The Morgan fingerprint density at radius 1 is 1.06 bits per heavy atom. The molecule has 172 valence electrons. The molecule has 0 aliphatic heterocycles. The van der Waals surface area contributed by atoms with Crippen molar-refractivity contribution in [2.24, 2.45) is 0 Å². The van der Waals surface area contributed by atoms with Gasteiger partial charge in [0.25, 0.3) is 0 Å². The molecule has 3 aromatic rings. The molecule has 3 rings (SSSR count). The van der Waals surface area contributed by atoms with Crippen LogP contribution in [0.5, 0.6) is 0 Å². The minimum absolute atomic E-state index is 0.0197. The van der Waals surface area contributed by atoms with Gasteiger partial charge in [-0.05, 0) is 81.5 Å². The molecule has 0 saturated heterocycles. The average molecular weight is 463 g/mol. The third-order valence-corrected chi connectivity index (χ3v) is 5.48. The van der Waals surface area contributed by atoms with E-state index in [1.165, 1.54) is 0 Å². The molecule has 0 saturated carbocycles. The summed E-state index contributed by atoms with van der Waals surface area (Å²) in [6.07, 6.45) is 5.26. The molecule has 33 heavy (non-hydrogen) atoms. The van der Waals surface area contributed by atoms with Crippen LogP contribution >= 0.6 is 11.6 Å². The highest BCUT2D eigenvalue weighted by Crippen LogP contribution is 2.19. The Morgan fingerprint density at radius 2 is 1.76 bits per heavy atom. The molecule has 0 aliphatic carbocycles. The number of hydrogen-bond acceptors (Lipinski definition) is 4. The number of aromatic nitrogens is 1. The van der Waals surface area contributed by atoms with E-state index in [0.717, 1.165) is 34.7 Å². The molecule has 1 heterocycles. The maximum atomic E-state index is 13.1. The fourth-order valence-corrected chi connectivity index (χ4v) is 3.72. The summed E-state index contributed by atoms with van der Waals surface area (Å²) in [6.45, 7) is 5.36. The second-order valence-corrected chi connectivity index (χ2v) is 8.91. The first-order chi connectivity index (χ1) is 15.8. The number of nitrogens with one attached hydrogen (secondary N) is 1. The lowest BCUT2D eigenvalue weighted by molar-refractivity contribution is -0.128. The lowest BCUT2D eigenvalue weighted by atomic mass is 10.1. The molecule has 1 unspecified atom stereocenters. The predicted octanol–water partition coefficient (Wildman–Crippen LogP) is 5.78. The first-order valence-corrected chi connectivity index (χ1v) is 11.4. The van der Waals surface area contributed by atoms with Crippen LogP contribution < -0.4 is 5.32 Å². The van der Waals surface area contributed by atoms with Crippen molar-refractivity contribution in [3.05, 3.63) is 94.8 Å². The van der Waals surface area contributed by atoms with Crippen molar-refractivity contribution in [1.29, 1.82) is 0 Å². The standard InChI is InChI=1S/C27H31ClN4O/c1-20-17-26(15-16-29-20)30-25-12-7-23(8-13-25)19-32(21(2)18-31(3)4)27(33)14-9-22-5-10-24(28)11-6-22/h5-17,21H,18-19H2,1-4H3,(H,29,30)/b14-9+. The van der Waals surface area contributed by atoms with Gasteiger partial charge in [-0.3, -0.25) is 9.78 Å². The van der Waals surface area contributed by atoms with E-state index in [1.807, 2.05) is 80.5 Å². The molecule has 1 atom stereocenters. The Kier molecular flexibility index (Phi) is 8.64. The minimum atomic E-state index is -0.0197. The summed E-state index contributed by atoms with van der Waals surface area (Å²) in [6, 6.07) is 19.6. The second kappa shape index (κ2) is 11.6. The maximum absolute atomic E-state index is 13.1. The third-order valence-electron chi connectivity index (χ3n) is 5.23. The van der Waals surface area contributed by atoms with Crippen LogP contribution in [0.3, 0.4) is 0 Å². The summed E-state index contributed by atoms with van der Waals surface area (Å²) in [7, 11) is 4.04. The van der Waals surface area contributed by atoms with Crippen LogP contribution in [-0.4, -0.2) is 47.4 Å². The normalized spacial score (nSPS) is 12.2. The van der Waals surface area contributed by atoms with E-state index in [2.05, 4.69) is 34.3 Å². The highest BCUT2D eigenvalue weighted by molar-refractivity contribution is 6.30. The molecular weight excluding hydrogens is 432 g/mol. The van der Waals surface area contributed by atoms with Gasteiger partial charge in [-0.25, -0.2) is 0 Å². The summed E-state index contributed by atoms with van der Waals surface area (Å²) in [5.41, 5.74) is 4.97. The molecule has 0 spiro atoms. The fourth-order valence-electron chi connectivity index (χ4n) is 3.60. The van der Waals surface area contributed by atoms with Crippen molar-refractivity contribution in [3.8, 4) is 0 Å². The van der Waals surface area contributed by atoms with Gasteiger partial charge in [0.15, 0.2) is 0 Å². The SMILES string of the molecule is Cc1cc(Nc2ccc(CN(C(=O)/C=C/c3ccc(Cl)cc3)C(C)CN(C)C)cc2)ccn1. The Hall–Kier alpha value is -3.15. The summed E-state index contributed by atoms with van der Waals surface area (Å²) in [5, 5.41) is 4.07. The predicted molar refractivity (Wildman–Crippen MR) is 138 cm³/mol. The first-order valence-electron chi connectivity index (χ1n) is 11.0. The minimum Gasteiger partial charge on any atom is -0.355 e. The van der Waals surface area contributed by atoms with Crippen molar-refractivity contribution in [3.63, 3.8) is 0 Å². The Bertz CT molecular complexity index is 1080. The second-order valence-electron chi connectivity index (χ2n) is 8.47. The fraction of sp³-hybridized carbons (Fsp3) is 0.259. The molecule has 5 nitrogen and oxygen atoms in total. The molecular formula is C27H31ClN4O. The molecule has 1 N–H and O–H groups in total. The number of halogens is 1. The number of benzene rings is 2. The largest absolute Gasteiger partial charge is 0.355 e. The lowest BCUT2D eigenvalue weighted by Gasteiger charge is -2.30. The van der Waals surface area contributed by atoms with E-state index in [9.17, 15) is 4.79 Å². The van der Waals surface area contributed by atoms with Gasteiger partial charge >= 0.3 is 0 Å². The van der Waals surface area contributed by atoms with E-state index in [-0.39, 0.29) is 11.9 Å². The quantitative estimate of drug-likeness (QED) is 0.409. The molecule has 0 aliphatic rings. The molecule has 1 aromatic heterocycles. The van der Waals surface area contributed by atoms with Gasteiger partial charge in [0, 0.05) is 53.5 Å². The van der Waals surface area contributed by atoms with Gasteiger partial charge in [0.1, 0.15) is 0 Å². The Morgan fingerprint density at radius 3 is 2.39 bits per heavy atom. The molecule has 6 heteroatoms. The molecule has 2 aromatic carbocycles. The zero-order chi connectivity index (χ0) is 23.8.